The Labute approximate surface area is 183 Å². The van der Waals surface area contributed by atoms with Crippen LogP contribution in [-0.4, -0.2) is 64.9 Å². The Morgan fingerprint density at radius 1 is 1.29 bits per heavy atom. The smallest absolute Gasteiger partial charge is 0.237 e. The summed E-state index contributed by atoms with van der Waals surface area (Å²) in [5.41, 5.74) is -0.0614. The standard InChI is InChI=1S/C20H25F2N5O3S/c1-13(18(28)23-17-5-4-14(21)11-16(17)22)31-20-25-24-19(26-6-9-29-10-7-26)27(20)12-15-3-2-8-30-15/h4-5,11,13,15H,2-3,6-10,12H2,1H3,(H,23,28). The van der Waals surface area contributed by atoms with E-state index in [2.05, 4.69) is 20.4 Å². The molecule has 11 heteroatoms. The van der Waals surface area contributed by atoms with Crippen LogP contribution in [0.4, 0.5) is 20.4 Å². The molecule has 4 rings (SSSR count). The quantitative estimate of drug-likeness (QED) is 0.646. The largest absolute Gasteiger partial charge is 0.378 e. The van der Waals surface area contributed by atoms with Crippen molar-refractivity contribution < 1.29 is 23.0 Å². The van der Waals surface area contributed by atoms with Crippen molar-refractivity contribution in [2.45, 2.75) is 42.8 Å². The van der Waals surface area contributed by atoms with Gasteiger partial charge in [0, 0.05) is 25.8 Å². The first-order valence-corrected chi connectivity index (χ1v) is 11.2. The SMILES string of the molecule is CC(Sc1nnc(N2CCOCC2)n1CC1CCCO1)C(=O)Nc1ccc(F)cc1F. The zero-order valence-corrected chi connectivity index (χ0v) is 18.0. The van der Waals surface area contributed by atoms with Gasteiger partial charge in [-0.15, -0.1) is 10.2 Å². The maximum absolute atomic E-state index is 13.9. The van der Waals surface area contributed by atoms with Crippen molar-refractivity contribution in [3.8, 4) is 0 Å². The van der Waals surface area contributed by atoms with Crippen molar-refractivity contribution in [1.29, 1.82) is 0 Å². The minimum absolute atomic E-state index is 0.0614. The summed E-state index contributed by atoms with van der Waals surface area (Å²) in [6.45, 7) is 5.73. The van der Waals surface area contributed by atoms with Crippen LogP contribution in [0.2, 0.25) is 0 Å². The topological polar surface area (TPSA) is 81.5 Å². The molecule has 1 aromatic carbocycles. The summed E-state index contributed by atoms with van der Waals surface area (Å²) in [5.74, 6) is -1.19. The van der Waals surface area contributed by atoms with Crippen molar-refractivity contribution in [2.75, 3.05) is 43.1 Å². The van der Waals surface area contributed by atoms with Crippen molar-refractivity contribution in [2.24, 2.45) is 0 Å². The number of ether oxygens (including phenoxy) is 2. The van der Waals surface area contributed by atoms with Gasteiger partial charge in [0.1, 0.15) is 11.6 Å². The zero-order valence-electron chi connectivity index (χ0n) is 17.2. The van der Waals surface area contributed by atoms with Crippen LogP contribution in [0, 0.1) is 11.6 Å². The molecule has 0 spiro atoms. The fourth-order valence-electron chi connectivity index (χ4n) is 3.55. The molecule has 8 nitrogen and oxygen atoms in total. The number of nitrogens with zero attached hydrogens (tertiary/aromatic N) is 4. The second-order valence-electron chi connectivity index (χ2n) is 7.50. The molecule has 1 amide bonds. The van der Waals surface area contributed by atoms with Crippen molar-refractivity contribution in [3.05, 3.63) is 29.8 Å². The Bertz CT molecular complexity index is 916. The molecular formula is C20H25F2N5O3S. The lowest BCUT2D eigenvalue weighted by molar-refractivity contribution is -0.115. The molecule has 2 aliphatic heterocycles. The van der Waals surface area contributed by atoms with Crippen LogP contribution >= 0.6 is 11.8 Å². The van der Waals surface area contributed by atoms with Gasteiger partial charge in [0.05, 0.1) is 36.8 Å². The van der Waals surface area contributed by atoms with E-state index in [0.29, 0.717) is 38.0 Å². The van der Waals surface area contributed by atoms with Crippen LogP contribution in [0.15, 0.2) is 23.4 Å². The molecule has 2 fully saturated rings. The molecule has 1 aromatic heterocycles. The van der Waals surface area contributed by atoms with Crippen LogP contribution < -0.4 is 10.2 Å². The third-order valence-electron chi connectivity index (χ3n) is 5.24. The van der Waals surface area contributed by atoms with Crippen molar-refractivity contribution in [3.63, 3.8) is 0 Å². The Balaban J connectivity index is 1.49. The van der Waals surface area contributed by atoms with Gasteiger partial charge in [-0.2, -0.15) is 0 Å². The van der Waals surface area contributed by atoms with E-state index in [0.717, 1.165) is 37.5 Å². The van der Waals surface area contributed by atoms with Gasteiger partial charge < -0.3 is 19.7 Å². The van der Waals surface area contributed by atoms with Crippen molar-refractivity contribution in [1.82, 2.24) is 14.8 Å². The summed E-state index contributed by atoms with van der Waals surface area (Å²) in [6.07, 6.45) is 2.06. The number of thioether (sulfide) groups is 1. The van der Waals surface area contributed by atoms with E-state index < -0.39 is 22.8 Å². The Kier molecular flexibility index (Phi) is 7.03. The Hall–Kier alpha value is -2.24. The number of nitrogens with one attached hydrogen (secondary N) is 1. The molecule has 0 bridgehead atoms. The lowest BCUT2D eigenvalue weighted by Crippen LogP contribution is -2.38. The number of morpholine rings is 1. The molecule has 2 aliphatic rings. The molecule has 2 atom stereocenters. The molecule has 0 aliphatic carbocycles. The van der Waals surface area contributed by atoms with Gasteiger partial charge in [0.2, 0.25) is 11.9 Å². The Morgan fingerprint density at radius 2 is 2.10 bits per heavy atom. The number of carbonyl (C=O) groups is 1. The summed E-state index contributed by atoms with van der Waals surface area (Å²) >= 11 is 1.24. The lowest BCUT2D eigenvalue weighted by Gasteiger charge is -2.28. The normalized spacial score (nSPS) is 20.1. The minimum atomic E-state index is -0.818. The number of carbonyl (C=O) groups excluding carboxylic acids is 1. The molecule has 2 unspecified atom stereocenters. The van der Waals surface area contributed by atoms with Crippen LogP contribution in [0.5, 0.6) is 0 Å². The molecule has 3 heterocycles. The monoisotopic (exact) mass is 453 g/mol. The van der Waals surface area contributed by atoms with E-state index >= 15 is 0 Å². The molecule has 2 saturated heterocycles. The van der Waals surface area contributed by atoms with E-state index in [1.54, 1.807) is 6.92 Å². The van der Waals surface area contributed by atoms with Gasteiger partial charge in [-0.05, 0) is 31.9 Å². The molecule has 168 valence electrons. The average molecular weight is 454 g/mol. The van der Waals surface area contributed by atoms with Gasteiger partial charge in [-0.1, -0.05) is 11.8 Å². The third kappa shape index (κ3) is 5.34. The first kappa shape index (κ1) is 22.0. The molecule has 0 radical (unpaired) electrons. The predicted octanol–water partition coefficient (Wildman–Crippen LogP) is 2.69. The summed E-state index contributed by atoms with van der Waals surface area (Å²) in [5, 5.41) is 11.2. The lowest BCUT2D eigenvalue weighted by atomic mass is 10.2. The van der Waals surface area contributed by atoms with Crippen LogP contribution in [-0.2, 0) is 20.8 Å². The molecule has 31 heavy (non-hydrogen) atoms. The number of benzene rings is 1. The molecular weight excluding hydrogens is 428 g/mol. The minimum Gasteiger partial charge on any atom is -0.378 e. The average Bonchev–Trinajstić information content (AvgIpc) is 3.41. The molecule has 0 saturated carbocycles. The van der Waals surface area contributed by atoms with Gasteiger partial charge in [-0.3, -0.25) is 9.36 Å². The predicted molar refractivity (Wildman–Crippen MR) is 112 cm³/mol. The molecule has 1 N–H and O–H groups in total. The van der Waals surface area contributed by atoms with E-state index in [-0.39, 0.29) is 11.8 Å². The maximum Gasteiger partial charge on any atom is 0.237 e. The van der Waals surface area contributed by atoms with E-state index in [9.17, 15) is 13.6 Å². The number of hydrogen-bond donors (Lipinski definition) is 1. The number of amides is 1. The number of hydrogen-bond acceptors (Lipinski definition) is 7. The summed E-state index contributed by atoms with van der Waals surface area (Å²) in [4.78, 5) is 14.7. The zero-order chi connectivity index (χ0) is 21.8. The number of anilines is 2. The van der Waals surface area contributed by atoms with Crippen LogP contribution in [0.25, 0.3) is 0 Å². The Morgan fingerprint density at radius 3 is 2.81 bits per heavy atom. The summed E-state index contributed by atoms with van der Waals surface area (Å²) in [7, 11) is 0. The first-order chi connectivity index (χ1) is 15.0. The second kappa shape index (κ2) is 9.92. The highest BCUT2D eigenvalue weighted by atomic mass is 32.2. The fourth-order valence-corrected chi connectivity index (χ4v) is 4.41. The molecule has 2 aromatic rings. The van der Waals surface area contributed by atoms with Gasteiger partial charge in [-0.25, -0.2) is 8.78 Å². The highest BCUT2D eigenvalue weighted by molar-refractivity contribution is 8.00. The van der Waals surface area contributed by atoms with E-state index in [4.69, 9.17) is 9.47 Å². The highest BCUT2D eigenvalue weighted by Gasteiger charge is 2.27. The van der Waals surface area contributed by atoms with Gasteiger partial charge >= 0.3 is 0 Å². The van der Waals surface area contributed by atoms with Crippen LogP contribution in [0.1, 0.15) is 19.8 Å². The maximum atomic E-state index is 13.9. The van der Waals surface area contributed by atoms with Crippen molar-refractivity contribution >= 4 is 29.3 Å². The van der Waals surface area contributed by atoms with E-state index in [1.807, 2.05) is 4.57 Å². The third-order valence-corrected chi connectivity index (χ3v) is 6.32. The number of rotatable bonds is 7. The fraction of sp³-hybridized carbons (Fsp3) is 0.550. The van der Waals surface area contributed by atoms with Gasteiger partial charge in [0.25, 0.3) is 0 Å². The van der Waals surface area contributed by atoms with E-state index in [1.165, 1.54) is 17.8 Å². The number of halogens is 2. The first-order valence-electron chi connectivity index (χ1n) is 10.3. The number of aromatic nitrogens is 3. The van der Waals surface area contributed by atoms with Gasteiger partial charge in [0.15, 0.2) is 5.16 Å². The second-order valence-corrected chi connectivity index (χ2v) is 8.81. The summed E-state index contributed by atoms with van der Waals surface area (Å²) < 4.78 is 40.2. The van der Waals surface area contributed by atoms with Crippen LogP contribution in [0.3, 0.4) is 0 Å². The summed E-state index contributed by atoms with van der Waals surface area (Å²) in [6, 6.07) is 3.04. The highest BCUT2D eigenvalue weighted by Crippen LogP contribution is 2.29.